The molecule has 0 spiro atoms. The normalized spacial score (nSPS) is 15.1. The highest BCUT2D eigenvalue weighted by Gasteiger charge is 2.11. The lowest BCUT2D eigenvalue weighted by Gasteiger charge is -1.99. The van der Waals surface area contributed by atoms with Crippen LogP contribution in [-0.4, -0.2) is 13.1 Å². The first-order valence-corrected chi connectivity index (χ1v) is 5.99. The first-order valence-electron chi connectivity index (χ1n) is 5.99. The smallest absolute Gasteiger partial charge is 0.337 e. The average molecular weight is 228 g/mol. The van der Waals surface area contributed by atoms with Crippen molar-refractivity contribution in [3.63, 3.8) is 0 Å². The minimum atomic E-state index is -0.305. The van der Waals surface area contributed by atoms with Gasteiger partial charge in [-0.2, -0.15) is 0 Å². The quantitative estimate of drug-likeness (QED) is 0.545. The Hall–Kier alpha value is -1.75. The zero-order chi connectivity index (χ0) is 12.1. The lowest BCUT2D eigenvalue weighted by molar-refractivity contribution is 0.0601. The van der Waals surface area contributed by atoms with Crippen LogP contribution in [0.15, 0.2) is 24.3 Å². The third kappa shape index (κ3) is 3.10. The van der Waals surface area contributed by atoms with Crippen LogP contribution in [0.2, 0.25) is 0 Å². The summed E-state index contributed by atoms with van der Waals surface area (Å²) in [6.45, 7) is 0. The number of hydrogen-bond donors (Lipinski definition) is 0. The summed E-state index contributed by atoms with van der Waals surface area (Å²) in [6.07, 6.45) is 5.07. The van der Waals surface area contributed by atoms with Crippen LogP contribution in [0.25, 0.3) is 0 Å². The lowest BCUT2D eigenvalue weighted by atomic mass is 10.1. The molecule has 17 heavy (non-hydrogen) atoms. The van der Waals surface area contributed by atoms with E-state index in [9.17, 15) is 4.79 Å². The Bertz CT molecular complexity index is 442. The Morgan fingerprint density at radius 3 is 2.47 bits per heavy atom. The van der Waals surface area contributed by atoms with Crippen LogP contribution in [0.5, 0.6) is 0 Å². The van der Waals surface area contributed by atoms with Crippen molar-refractivity contribution in [1.29, 1.82) is 0 Å². The lowest BCUT2D eigenvalue weighted by Crippen LogP contribution is -2.00. The van der Waals surface area contributed by atoms with Crippen molar-refractivity contribution in [2.45, 2.75) is 25.7 Å². The van der Waals surface area contributed by atoms with E-state index in [0.717, 1.165) is 5.56 Å². The van der Waals surface area contributed by atoms with Gasteiger partial charge in [-0.3, -0.25) is 0 Å². The highest BCUT2D eigenvalue weighted by atomic mass is 16.5. The molecule has 1 aromatic rings. The zero-order valence-corrected chi connectivity index (χ0v) is 10.0. The molecule has 0 atom stereocenters. The molecule has 2 nitrogen and oxygen atoms in total. The third-order valence-corrected chi connectivity index (χ3v) is 3.08. The van der Waals surface area contributed by atoms with Gasteiger partial charge >= 0.3 is 5.97 Å². The maximum absolute atomic E-state index is 11.2. The van der Waals surface area contributed by atoms with E-state index >= 15 is 0 Å². The molecule has 0 heterocycles. The summed E-state index contributed by atoms with van der Waals surface area (Å²) >= 11 is 0. The fourth-order valence-corrected chi connectivity index (χ4v) is 2.06. The maximum atomic E-state index is 11.2. The van der Waals surface area contributed by atoms with Crippen LogP contribution in [0.1, 0.15) is 41.6 Å². The van der Waals surface area contributed by atoms with Gasteiger partial charge in [0.25, 0.3) is 0 Å². The summed E-state index contributed by atoms with van der Waals surface area (Å²) in [5.41, 5.74) is 1.53. The van der Waals surface area contributed by atoms with Gasteiger partial charge in [0.2, 0.25) is 0 Å². The number of carbonyl (C=O) groups is 1. The summed E-state index contributed by atoms with van der Waals surface area (Å²) in [4.78, 5) is 11.2. The molecule has 0 unspecified atom stereocenters. The predicted octanol–water partition coefficient (Wildman–Crippen LogP) is 3.01. The maximum Gasteiger partial charge on any atom is 0.337 e. The minimum Gasteiger partial charge on any atom is -0.465 e. The van der Waals surface area contributed by atoms with Gasteiger partial charge in [-0.15, -0.1) is 0 Å². The molecular formula is C15H16O2. The molecule has 0 aromatic heterocycles. The van der Waals surface area contributed by atoms with Crippen LogP contribution in [0.3, 0.4) is 0 Å². The highest BCUT2D eigenvalue weighted by Crippen LogP contribution is 2.23. The molecule has 0 radical (unpaired) electrons. The van der Waals surface area contributed by atoms with Crippen molar-refractivity contribution in [3.05, 3.63) is 35.4 Å². The van der Waals surface area contributed by atoms with Gasteiger partial charge in [-0.05, 0) is 37.1 Å². The van der Waals surface area contributed by atoms with E-state index in [1.54, 1.807) is 12.1 Å². The van der Waals surface area contributed by atoms with Gasteiger partial charge in [0.1, 0.15) is 0 Å². The van der Waals surface area contributed by atoms with Crippen molar-refractivity contribution >= 4 is 5.97 Å². The molecule has 1 fully saturated rings. The van der Waals surface area contributed by atoms with Gasteiger partial charge in [0.05, 0.1) is 12.7 Å². The fourth-order valence-electron chi connectivity index (χ4n) is 2.06. The molecule has 1 aromatic carbocycles. The van der Waals surface area contributed by atoms with E-state index in [1.165, 1.54) is 32.8 Å². The molecule has 0 bridgehead atoms. The molecule has 88 valence electrons. The Balaban J connectivity index is 2.04. The monoisotopic (exact) mass is 228 g/mol. The van der Waals surface area contributed by atoms with Crippen LogP contribution >= 0.6 is 0 Å². The molecule has 1 aliphatic carbocycles. The first-order chi connectivity index (χ1) is 8.29. The summed E-state index contributed by atoms with van der Waals surface area (Å²) in [7, 11) is 1.39. The van der Waals surface area contributed by atoms with Gasteiger partial charge in [-0.1, -0.05) is 24.7 Å². The Morgan fingerprint density at radius 2 is 1.88 bits per heavy atom. The van der Waals surface area contributed by atoms with E-state index < -0.39 is 0 Å². The summed E-state index contributed by atoms with van der Waals surface area (Å²) in [5.74, 6) is 6.72. The molecular weight excluding hydrogens is 212 g/mol. The average Bonchev–Trinajstić information content (AvgIpc) is 2.89. The second-order valence-corrected chi connectivity index (χ2v) is 4.32. The zero-order valence-electron chi connectivity index (χ0n) is 10.0. The summed E-state index contributed by atoms with van der Waals surface area (Å²) < 4.78 is 4.64. The number of rotatable bonds is 1. The van der Waals surface area contributed by atoms with Gasteiger partial charge in [0, 0.05) is 11.5 Å². The number of methoxy groups -OCH3 is 1. The van der Waals surface area contributed by atoms with Crippen LogP contribution in [0.4, 0.5) is 0 Å². The topological polar surface area (TPSA) is 26.3 Å². The Labute approximate surface area is 102 Å². The second kappa shape index (κ2) is 5.54. The van der Waals surface area contributed by atoms with Gasteiger partial charge < -0.3 is 4.74 Å². The largest absolute Gasteiger partial charge is 0.465 e. The van der Waals surface area contributed by atoms with Crippen molar-refractivity contribution < 1.29 is 9.53 Å². The molecule has 0 aliphatic heterocycles. The number of ether oxygens (including phenoxy) is 1. The Morgan fingerprint density at radius 1 is 1.24 bits per heavy atom. The minimum absolute atomic E-state index is 0.305. The van der Waals surface area contributed by atoms with E-state index in [4.69, 9.17) is 0 Å². The van der Waals surface area contributed by atoms with E-state index in [0.29, 0.717) is 11.5 Å². The SMILES string of the molecule is COC(=O)c1ccc(C#CC2CCCC2)cc1. The number of esters is 1. The number of hydrogen-bond acceptors (Lipinski definition) is 2. The van der Waals surface area contributed by atoms with Crippen molar-refractivity contribution in [2.24, 2.45) is 5.92 Å². The second-order valence-electron chi connectivity index (χ2n) is 4.32. The van der Waals surface area contributed by atoms with Gasteiger partial charge in [-0.25, -0.2) is 4.79 Å². The first kappa shape index (κ1) is 11.7. The van der Waals surface area contributed by atoms with Crippen molar-refractivity contribution in [1.82, 2.24) is 0 Å². The highest BCUT2D eigenvalue weighted by molar-refractivity contribution is 5.89. The number of benzene rings is 1. The van der Waals surface area contributed by atoms with E-state index in [1.807, 2.05) is 12.1 Å². The van der Waals surface area contributed by atoms with Crippen molar-refractivity contribution in [3.8, 4) is 11.8 Å². The fraction of sp³-hybridized carbons (Fsp3) is 0.400. The van der Waals surface area contributed by atoms with Crippen LogP contribution < -0.4 is 0 Å². The molecule has 1 aliphatic rings. The van der Waals surface area contributed by atoms with E-state index in [2.05, 4.69) is 16.6 Å². The Kier molecular flexibility index (Phi) is 3.82. The van der Waals surface area contributed by atoms with Crippen LogP contribution in [-0.2, 0) is 4.74 Å². The van der Waals surface area contributed by atoms with Gasteiger partial charge in [0.15, 0.2) is 0 Å². The molecule has 0 N–H and O–H groups in total. The molecule has 0 amide bonds. The summed E-state index contributed by atoms with van der Waals surface area (Å²) in [5, 5.41) is 0. The molecule has 2 heteroatoms. The molecule has 2 rings (SSSR count). The predicted molar refractivity (Wildman–Crippen MR) is 66.6 cm³/mol. The molecule has 1 saturated carbocycles. The van der Waals surface area contributed by atoms with Crippen molar-refractivity contribution in [2.75, 3.05) is 7.11 Å². The number of carbonyl (C=O) groups excluding carboxylic acids is 1. The molecule has 0 saturated heterocycles. The summed E-state index contributed by atoms with van der Waals surface area (Å²) in [6, 6.07) is 7.25. The third-order valence-electron chi connectivity index (χ3n) is 3.08. The van der Waals surface area contributed by atoms with Crippen LogP contribution in [0, 0.1) is 17.8 Å². The standard InChI is InChI=1S/C15H16O2/c1-17-15(16)14-10-8-13(9-11-14)7-6-12-4-2-3-5-12/h8-12H,2-5H2,1H3. The van der Waals surface area contributed by atoms with E-state index in [-0.39, 0.29) is 5.97 Å².